The molecule has 1 aromatic carbocycles. The number of hydrogen-bond donors (Lipinski definition) is 2. The summed E-state index contributed by atoms with van der Waals surface area (Å²) in [5.41, 5.74) is 4.43. The van der Waals surface area contributed by atoms with Crippen LogP contribution in [0.2, 0.25) is 0 Å². The molecule has 0 saturated heterocycles. The van der Waals surface area contributed by atoms with Gasteiger partial charge in [-0.2, -0.15) is 40.2 Å². The van der Waals surface area contributed by atoms with E-state index in [1.165, 1.54) is 6.07 Å². The molecule has 3 aromatic rings. The maximum Gasteiger partial charge on any atom is 0.490 e. The number of aromatic nitrogens is 4. The monoisotopic (exact) mass is 525 g/mol. The second-order valence-electron chi connectivity index (χ2n) is 6.79. The Morgan fingerprint density at radius 1 is 1.03 bits per heavy atom. The van der Waals surface area contributed by atoms with Crippen LogP contribution in [0, 0.1) is 0 Å². The minimum absolute atomic E-state index is 0.359. The molecular formula is C20H15F8N5O3. The van der Waals surface area contributed by atoms with E-state index in [4.69, 9.17) is 15.6 Å². The zero-order valence-electron chi connectivity index (χ0n) is 17.7. The van der Waals surface area contributed by atoms with Crippen LogP contribution in [0.15, 0.2) is 65.4 Å². The Labute approximate surface area is 195 Å². The van der Waals surface area contributed by atoms with Crippen molar-refractivity contribution in [1.29, 1.82) is 0 Å². The van der Waals surface area contributed by atoms with Gasteiger partial charge >= 0.3 is 24.0 Å². The van der Waals surface area contributed by atoms with Crippen LogP contribution in [0.5, 0.6) is 0 Å². The molecule has 194 valence electrons. The molecule has 0 spiro atoms. The number of halogens is 8. The number of nitrogens with zero attached hydrogens (tertiary/aromatic N) is 4. The predicted octanol–water partition coefficient (Wildman–Crippen LogP) is 3.86. The maximum absolute atomic E-state index is 12.8. The number of pyridine rings is 1. The molecule has 8 nitrogen and oxygen atoms in total. The zero-order valence-corrected chi connectivity index (χ0v) is 17.7. The highest BCUT2D eigenvalue weighted by Crippen LogP contribution is 2.29. The molecule has 0 aliphatic rings. The summed E-state index contributed by atoms with van der Waals surface area (Å²) < 4.78 is 97.2. The number of carbonyl (C=O) groups is 1. The van der Waals surface area contributed by atoms with Crippen LogP contribution in [0.25, 0.3) is 16.8 Å². The van der Waals surface area contributed by atoms with Gasteiger partial charge in [0.25, 0.3) is 6.08 Å². The van der Waals surface area contributed by atoms with E-state index in [1.807, 2.05) is 0 Å². The SMILES string of the molecule is NCC(Cn1ncn(-c2cccc(-c3ccc(C(F)(F)F)nc3)c2)c1=O)=C(F)F.O=C(O)C(F)(F)F. The van der Waals surface area contributed by atoms with Crippen molar-refractivity contribution in [2.24, 2.45) is 5.73 Å². The Balaban J connectivity index is 0.000000572. The van der Waals surface area contributed by atoms with Crippen LogP contribution in [0.4, 0.5) is 35.1 Å². The summed E-state index contributed by atoms with van der Waals surface area (Å²) in [6.45, 7) is -0.870. The maximum atomic E-state index is 12.8. The van der Waals surface area contributed by atoms with Crippen molar-refractivity contribution in [2.45, 2.75) is 18.9 Å². The first-order valence-corrected chi connectivity index (χ1v) is 9.47. The summed E-state index contributed by atoms with van der Waals surface area (Å²) in [7, 11) is 0. The highest BCUT2D eigenvalue weighted by molar-refractivity contribution is 5.73. The van der Waals surface area contributed by atoms with Crippen LogP contribution < -0.4 is 11.4 Å². The van der Waals surface area contributed by atoms with E-state index in [2.05, 4.69) is 10.1 Å². The van der Waals surface area contributed by atoms with Gasteiger partial charge in [-0.25, -0.2) is 18.8 Å². The van der Waals surface area contributed by atoms with Crippen LogP contribution in [-0.2, 0) is 17.5 Å². The van der Waals surface area contributed by atoms with Gasteiger partial charge in [0.2, 0.25) is 0 Å². The number of aliphatic carboxylic acids is 1. The quantitative estimate of drug-likeness (QED) is 0.489. The number of carboxylic acid groups (broad SMARTS) is 1. The normalized spacial score (nSPS) is 11.5. The van der Waals surface area contributed by atoms with Crippen molar-refractivity contribution in [1.82, 2.24) is 19.3 Å². The molecule has 2 aromatic heterocycles. The molecule has 0 radical (unpaired) electrons. The lowest BCUT2D eigenvalue weighted by atomic mass is 10.1. The summed E-state index contributed by atoms with van der Waals surface area (Å²) >= 11 is 0. The molecule has 16 heteroatoms. The fraction of sp³-hybridized carbons (Fsp3) is 0.200. The standard InChI is InChI=1S/C18H14F5N5O.C2HF3O2/c19-16(20)13(7-24)9-28-17(29)27(10-26-28)14-3-1-2-11(6-14)12-4-5-15(25-8-12)18(21,22)23;3-2(4,5)1(6)7/h1-6,8,10H,7,9,24H2;(H,6,7). The van der Waals surface area contributed by atoms with Crippen LogP contribution >= 0.6 is 0 Å². The summed E-state index contributed by atoms with van der Waals surface area (Å²) in [6, 6.07) is 8.48. The van der Waals surface area contributed by atoms with Crippen LogP contribution in [0.3, 0.4) is 0 Å². The molecule has 0 saturated carbocycles. The van der Waals surface area contributed by atoms with E-state index in [1.54, 1.807) is 24.3 Å². The van der Waals surface area contributed by atoms with Gasteiger partial charge in [0.05, 0.1) is 12.2 Å². The minimum atomic E-state index is -5.08. The Kier molecular flexibility index (Phi) is 8.69. The first kappa shape index (κ1) is 28.2. The van der Waals surface area contributed by atoms with Gasteiger partial charge in [0, 0.05) is 23.9 Å². The number of rotatable bonds is 5. The first-order valence-electron chi connectivity index (χ1n) is 9.47. The highest BCUT2D eigenvalue weighted by Gasteiger charge is 2.38. The van der Waals surface area contributed by atoms with Gasteiger partial charge in [-0.1, -0.05) is 18.2 Å². The number of alkyl halides is 6. The average molecular weight is 525 g/mol. The topological polar surface area (TPSA) is 116 Å². The Morgan fingerprint density at radius 3 is 2.14 bits per heavy atom. The lowest BCUT2D eigenvalue weighted by molar-refractivity contribution is -0.192. The summed E-state index contributed by atoms with van der Waals surface area (Å²) in [5.74, 6) is -2.76. The third-order valence-corrected chi connectivity index (χ3v) is 4.34. The Hall–Kier alpha value is -4.08. The molecule has 2 heterocycles. The summed E-state index contributed by atoms with van der Waals surface area (Å²) in [4.78, 5) is 24.8. The molecule has 0 fully saturated rings. The van der Waals surface area contributed by atoms with Gasteiger partial charge in [-0.15, -0.1) is 0 Å². The third-order valence-electron chi connectivity index (χ3n) is 4.34. The van der Waals surface area contributed by atoms with Crippen molar-refractivity contribution in [3.8, 4) is 16.8 Å². The van der Waals surface area contributed by atoms with Crippen molar-refractivity contribution >= 4 is 5.97 Å². The number of carboxylic acids is 1. The minimum Gasteiger partial charge on any atom is -0.475 e. The van der Waals surface area contributed by atoms with Gasteiger partial charge in [0.1, 0.15) is 12.0 Å². The zero-order chi connectivity index (χ0) is 27.3. The molecule has 3 rings (SSSR count). The van der Waals surface area contributed by atoms with Crippen molar-refractivity contribution < 1.29 is 45.0 Å². The molecule has 0 atom stereocenters. The first-order chi connectivity index (χ1) is 16.6. The molecule has 0 amide bonds. The number of benzene rings is 1. The second-order valence-corrected chi connectivity index (χ2v) is 6.79. The van der Waals surface area contributed by atoms with Gasteiger partial charge in [-0.3, -0.25) is 4.98 Å². The summed E-state index contributed by atoms with van der Waals surface area (Å²) in [6.07, 6.45) is -9.35. The average Bonchev–Trinajstić information content (AvgIpc) is 3.16. The smallest absolute Gasteiger partial charge is 0.475 e. The highest BCUT2D eigenvalue weighted by atomic mass is 19.4. The predicted molar refractivity (Wildman–Crippen MR) is 108 cm³/mol. The lowest BCUT2D eigenvalue weighted by Gasteiger charge is -2.08. The Bertz CT molecular complexity index is 1290. The Morgan fingerprint density at radius 2 is 1.67 bits per heavy atom. The number of nitrogens with two attached hydrogens (primary N) is 1. The lowest BCUT2D eigenvalue weighted by Crippen LogP contribution is -2.26. The van der Waals surface area contributed by atoms with E-state index in [0.29, 0.717) is 16.8 Å². The fourth-order valence-electron chi connectivity index (χ4n) is 2.57. The molecular weight excluding hydrogens is 510 g/mol. The van der Waals surface area contributed by atoms with E-state index >= 15 is 0 Å². The van der Waals surface area contributed by atoms with Crippen LogP contribution in [-0.4, -0.2) is 43.1 Å². The molecule has 0 aliphatic heterocycles. The molecule has 0 bridgehead atoms. The van der Waals surface area contributed by atoms with Gasteiger partial charge in [0.15, 0.2) is 0 Å². The van der Waals surface area contributed by atoms with E-state index in [9.17, 15) is 39.9 Å². The number of hydrogen-bond acceptors (Lipinski definition) is 5. The van der Waals surface area contributed by atoms with E-state index < -0.39 is 54.4 Å². The third kappa shape index (κ3) is 7.21. The van der Waals surface area contributed by atoms with Crippen molar-refractivity contribution in [3.63, 3.8) is 0 Å². The summed E-state index contributed by atoms with van der Waals surface area (Å²) in [5, 5.41) is 10.9. The van der Waals surface area contributed by atoms with E-state index in [0.717, 1.165) is 27.8 Å². The fourth-order valence-corrected chi connectivity index (χ4v) is 2.57. The molecule has 36 heavy (non-hydrogen) atoms. The molecule has 0 unspecified atom stereocenters. The van der Waals surface area contributed by atoms with Crippen molar-refractivity contribution in [2.75, 3.05) is 6.54 Å². The second kappa shape index (κ2) is 11.1. The van der Waals surface area contributed by atoms with Crippen LogP contribution in [0.1, 0.15) is 5.69 Å². The largest absolute Gasteiger partial charge is 0.490 e. The molecule has 0 aliphatic carbocycles. The van der Waals surface area contributed by atoms with Gasteiger partial charge < -0.3 is 10.8 Å². The van der Waals surface area contributed by atoms with Crippen molar-refractivity contribution in [3.05, 3.63) is 76.8 Å². The van der Waals surface area contributed by atoms with E-state index in [-0.39, 0.29) is 0 Å². The molecule has 3 N–H and O–H groups in total. The van der Waals surface area contributed by atoms with Gasteiger partial charge in [-0.05, 0) is 23.8 Å².